The first kappa shape index (κ1) is 20.2. The molecule has 0 radical (unpaired) electrons. The number of benzene rings is 1. The highest BCUT2D eigenvalue weighted by Gasteiger charge is 2.31. The minimum atomic E-state index is -4.70. The molecule has 1 aromatic carbocycles. The van der Waals surface area contributed by atoms with Crippen LogP contribution in [0.25, 0.3) is 11.5 Å². The Morgan fingerprint density at radius 3 is 2.74 bits per heavy atom. The van der Waals surface area contributed by atoms with Crippen LogP contribution in [0, 0.1) is 6.92 Å². The fraction of sp³-hybridized carbons (Fsp3) is 0.381. The van der Waals surface area contributed by atoms with E-state index in [0.717, 1.165) is 40.6 Å². The number of alkyl halides is 3. The molecule has 1 atom stereocenters. The van der Waals surface area contributed by atoms with Crippen molar-refractivity contribution in [3.8, 4) is 17.3 Å². The molecule has 2 aliphatic heterocycles. The lowest BCUT2D eigenvalue weighted by Crippen LogP contribution is -2.20. The monoisotopic (exact) mass is 448 g/mol. The van der Waals surface area contributed by atoms with Crippen LogP contribution in [0.5, 0.6) is 5.75 Å². The molecule has 0 spiro atoms. The molecule has 4 heterocycles. The van der Waals surface area contributed by atoms with Crippen LogP contribution in [0.3, 0.4) is 0 Å². The minimum absolute atomic E-state index is 0.0399. The molecule has 6 nitrogen and oxygen atoms in total. The van der Waals surface area contributed by atoms with Crippen molar-refractivity contribution >= 4 is 11.8 Å². The molecule has 162 valence electrons. The number of H-pyrrole nitrogens is 1. The van der Waals surface area contributed by atoms with Gasteiger partial charge in [0, 0.05) is 35.9 Å². The number of aryl methyl sites for hydroxylation is 2. The third kappa shape index (κ3) is 3.84. The van der Waals surface area contributed by atoms with Gasteiger partial charge < -0.3 is 9.72 Å². The number of rotatable bonds is 3. The van der Waals surface area contributed by atoms with Gasteiger partial charge in [0.15, 0.2) is 11.3 Å². The number of halogens is 3. The second-order valence-corrected chi connectivity index (χ2v) is 8.85. The summed E-state index contributed by atoms with van der Waals surface area (Å²) in [5.41, 5.74) is 3.20. The van der Waals surface area contributed by atoms with E-state index in [1.807, 2.05) is 4.68 Å². The fourth-order valence-corrected chi connectivity index (χ4v) is 5.28. The highest BCUT2D eigenvalue weighted by molar-refractivity contribution is 7.99. The number of hydrogen-bond acceptors (Lipinski definition) is 5. The number of hydrogen-bond donors (Lipinski definition) is 1. The number of aromatic nitrogens is 4. The molecule has 2 aromatic heterocycles. The zero-order chi connectivity index (χ0) is 21.8. The normalized spacial score (nSPS) is 18.0. The maximum atomic E-state index is 12.7. The van der Waals surface area contributed by atoms with Gasteiger partial charge in [0.25, 0.3) is 0 Å². The molecule has 10 heteroatoms. The van der Waals surface area contributed by atoms with Crippen molar-refractivity contribution in [2.75, 3.05) is 5.75 Å². The SMILES string of the molecule is Cc1c(-c2nc3n(n2)C[C@H](c2ccc(OC(F)(F)F)cc2)CC3)[nH]c2c(c1=O)SCC2. The zero-order valence-electron chi connectivity index (χ0n) is 16.6. The van der Waals surface area contributed by atoms with Gasteiger partial charge >= 0.3 is 6.36 Å². The third-order valence-corrected chi connectivity index (χ3v) is 6.87. The number of pyridine rings is 1. The Kier molecular flexibility index (Phi) is 4.84. The average Bonchev–Trinajstić information content (AvgIpc) is 3.36. The Hall–Kier alpha value is -2.75. The predicted octanol–water partition coefficient (Wildman–Crippen LogP) is 4.22. The van der Waals surface area contributed by atoms with Crippen LogP contribution in [-0.2, 0) is 19.4 Å². The van der Waals surface area contributed by atoms with E-state index in [2.05, 4.69) is 19.8 Å². The molecule has 0 fully saturated rings. The molecule has 0 unspecified atom stereocenters. The van der Waals surface area contributed by atoms with Gasteiger partial charge in [0.2, 0.25) is 0 Å². The third-order valence-electron chi connectivity index (χ3n) is 5.74. The second kappa shape index (κ2) is 7.44. The van der Waals surface area contributed by atoms with Crippen molar-refractivity contribution in [2.24, 2.45) is 0 Å². The molecule has 31 heavy (non-hydrogen) atoms. The molecule has 0 saturated heterocycles. The minimum Gasteiger partial charge on any atom is -0.406 e. The molecule has 5 rings (SSSR count). The van der Waals surface area contributed by atoms with Crippen molar-refractivity contribution in [1.29, 1.82) is 0 Å². The highest BCUT2D eigenvalue weighted by atomic mass is 32.2. The van der Waals surface area contributed by atoms with Crippen molar-refractivity contribution in [2.45, 2.75) is 49.9 Å². The lowest BCUT2D eigenvalue weighted by molar-refractivity contribution is -0.274. The Morgan fingerprint density at radius 2 is 2.00 bits per heavy atom. The van der Waals surface area contributed by atoms with Gasteiger partial charge in [-0.1, -0.05) is 12.1 Å². The largest absolute Gasteiger partial charge is 0.573 e. The van der Waals surface area contributed by atoms with E-state index in [-0.39, 0.29) is 17.1 Å². The van der Waals surface area contributed by atoms with Gasteiger partial charge in [-0.25, -0.2) is 9.67 Å². The quantitative estimate of drug-likeness (QED) is 0.650. The van der Waals surface area contributed by atoms with Crippen LogP contribution in [-0.4, -0.2) is 31.9 Å². The molecule has 2 aliphatic rings. The lowest BCUT2D eigenvalue weighted by Gasteiger charge is -2.23. The number of nitrogens with zero attached hydrogens (tertiary/aromatic N) is 3. The summed E-state index contributed by atoms with van der Waals surface area (Å²) in [4.78, 5) is 21.5. The van der Waals surface area contributed by atoms with Crippen LogP contribution in [0.15, 0.2) is 34.0 Å². The maximum Gasteiger partial charge on any atom is 0.573 e. The number of aromatic amines is 1. The zero-order valence-corrected chi connectivity index (χ0v) is 17.4. The van der Waals surface area contributed by atoms with E-state index in [9.17, 15) is 18.0 Å². The fourth-order valence-electron chi connectivity index (χ4n) is 4.16. The van der Waals surface area contributed by atoms with Gasteiger partial charge in [-0.05, 0) is 37.5 Å². The molecular formula is C21H19F3N4O2S. The maximum absolute atomic E-state index is 12.7. The molecule has 0 saturated carbocycles. The summed E-state index contributed by atoms with van der Waals surface area (Å²) < 4.78 is 42.9. The summed E-state index contributed by atoms with van der Waals surface area (Å²) in [5, 5.41) is 4.65. The van der Waals surface area contributed by atoms with Crippen LogP contribution in [0.4, 0.5) is 13.2 Å². The summed E-state index contributed by atoms with van der Waals surface area (Å²) in [6.07, 6.45) is -2.36. The van der Waals surface area contributed by atoms with Gasteiger partial charge in [0.05, 0.1) is 10.6 Å². The molecule has 0 bridgehead atoms. The second-order valence-electron chi connectivity index (χ2n) is 7.75. The van der Waals surface area contributed by atoms with Crippen LogP contribution in [0.2, 0.25) is 0 Å². The van der Waals surface area contributed by atoms with E-state index in [0.29, 0.717) is 30.0 Å². The van der Waals surface area contributed by atoms with Crippen LogP contribution >= 0.6 is 11.8 Å². The number of ether oxygens (including phenoxy) is 1. The standard InChI is InChI=1S/C21H19F3N4O2S/c1-11-17(25-15-8-9-31-19(15)18(11)29)20-26-16-7-4-13(10-28(16)27-20)12-2-5-14(6-3-12)30-21(22,23)24/h2-3,5-6,13H,4,7-10H2,1H3,(H,25,29)/t13-/m1/s1. The summed E-state index contributed by atoms with van der Waals surface area (Å²) in [7, 11) is 0. The first-order valence-corrected chi connectivity index (χ1v) is 11.0. The summed E-state index contributed by atoms with van der Waals surface area (Å²) >= 11 is 1.58. The van der Waals surface area contributed by atoms with Gasteiger partial charge in [-0.2, -0.15) is 0 Å². The first-order valence-electron chi connectivity index (χ1n) is 9.97. The Bertz CT molecular complexity index is 1200. The topological polar surface area (TPSA) is 72.8 Å². The highest BCUT2D eigenvalue weighted by Crippen LogP contribution is 2.33. The van der Waals surface area contributed by atoms with Gasteiger partial charge in [0.1, 0.15) is 11.6 Å². The van der Waals surface area contributed by atoms with Crippen molar-refractivity contribution < 1.29 is 17.9 Å². The first-order chi connectivity index (χ1) is 14.8. The molecule has 0 aliphatic carbocycles. The van der Waals surface area contributed by atoms with E-state index in [1.165, 1.54) is 12.1 Å². The van der Waals surface area contributed by atoms with Crippen LogP contribution in [0.1, 0.15) is 35.0 Å². The Morgan fingerprint density at radius 1 is 1.23 bits per heavy atom. The molecule has 3 aromatic rings. The molecule has 0 amide bonds. The van der Waals surface area contributed by atoms with Gasteiger partial charge in [-0.15, -0.1) is 30.0 Å². The van der Waals surface area contributed by atoms with Crippen molar-refractivity contribution in [3.05, 3.63) is 57.1 Å². The molecular weight excluding hydrogens is 429 g/mol. The van der Waals surface area contributed by atoms with E-state index in [1.54, 1.807) is 30.8 Å². The lowest BCUT2D eigenvalue weighted by atomic mass is 9.92. The van der Waals surface area contributed by atoms with Crippen molar-refractivity contribution in [1.82, 2.24) is 19.7 Å². The number of thioether (sulfide) groups is 1. The molecule has 1 N–H and O–H groups in total. The van der Waals surface area contributed by atoms with E-state index >= 15 is 0 Å². The Labute approximate surface area is 179 Å². The average molecular weight is 448 g/mol. The van der Waals surface area contributed by atoms with E-state index < -0.39 is 6.36 Å². The summed E-state index contributed by atoms with van der Waals surface area (Å²) in [6, 6.07) is 5.99. The van der Waals surface area contributed by atoms with Crippen LogP contribution < -0.4 is 10.2 Å². The summed E-state index contributed by atoms with van der Waals surface area (Å²) in [6.45, 7) is 2.37. The number of fused-ring (bicyclic) bond motifs is 2. The van der Waals surface area contributed by atoms with Crippen molar-refractivity contribution in [3.63, 3.8) is 0 Å². The smallest absolute Gasteiger partial charge is 0.406 e. The summed E-state index contributed by atoms with van der Waals surface area (Å²) in [5.74, 6) is 2.13. The van der Waals surface area contributed by atoms with Gasteiger partial charge in [-0.3, -0.25) is 4.79 Å². The number of nitrogens with one attached hydrogen (secondary N) is 1. The predicted molar refractivity (Wildman–Crippen MR) is 109 cm³/mol. The Balaban J connectivity index is 1.39. The van der Waals surface area contributed by atoms with E-state index in [4.69, 9.17) is 0 Å².